The average Bonchev–Trinajstić information content (AvgIpc) is 3.17. The van der Waals surface area contributed by atoms with E-state index in [1.54, 1.807) is 0 Å². The number of carbonyl (C=O) groups is 4. The maximum atomic E-state index is 12.6. The number of alkyl carbamates (subject to hydrolysis) is 2. The summed E-state index contributed by atoms with van der Waals surface area (Å²) >= 11 is 0. The van der Waals surface area contributed by atoms with Crippen molar-refractivity contribution in [3.8, 4) is 0 Å². The van der Waals surface area contributed by atoms with E-state index in [0.717, 1.165) is 84.1 Å². The maximum absolute atomic E-state index is 12.6. The largest absolute Gasteiger partial charge is 0.464 e. The van der Waals surface area contributed by atoms with Gasteiger partial charge in [0, 0.05) is 52.4 Å². The molecule has 1 aliphatic heterocycles. The van der Waals surface area contributed by atoms with Gasteiger partial charge in [-0.2, -0.15) is 0 Å². The van der Waals surface area contributed by atoms with Crippen molar-refractivity contribution < 1.29 is 38.1 Å². The Morgan fingerprint density at radius 2 is 1.02 bits per heavy atom. The zero-order valence-electron chi connectivity index (χ0n) is 35.0. The van der Waals surface area contributed by atoms with Crippen LogP contribution in [0.15, 0.2) is 0 Å². The molecule has 0 aromatic carbocycles. The van der Waals surface area contributed by atoms with Crippen LogP contribution >= 0.6 is 0 Å². The molecular weight excluding hydrogens is 690 g/mol. The molecule has 2 amide bonds. The second-order valence-corrected chi connectivity index (χ2v) is 14.8. The molecule has 0 radical (unpaired) electrons. The molecule has 1 rings (SSSR count). The summed E-state index contributed by atoms with van der Waals surface area (Å²) < 4.78 is 21.9. The zero-order valence-corrected chi connectivity index (χ0v) is 35.0. The van der Waals surface area contributed by atoms with Gasteiger partial charge in [-0.05, 0) is 45.6 Å². The van der Waals surface area contributed by atoms with E-state index < -0.39 is 12.2 Å². The summed E-state index contributed by atoms with van der Waals surface area (Å²) in [5.41, 5.74) is 0. The summed E-state index contributed by atoms with van der Waals surface area (Å²) in [6, 6.07) is 0. The predicted octanol–water partition coefficient (Wildman–Crippen LogP) is 6.91. The van der Waals surface area contributed by atoms with Crippen molar-refractivity contribution >= 4 is 24.1 Å². The second-order valence-electron chi connectivity index (χ2n) is 14.8. The molecule has 13 nitrogen and oxygen atoms in total. The Hall–Kier alpha value is -2.64. The van der Waals surface area contributed by atoms with Gasteiger partial charge < -0.3 is 39.4 Å². The number of hydrogen-bond acceptors (Lipinski definition) is 11. The van der Waals surface area contributed by atoms with Gasteiger partial charge in [0.05, 0.1) is 25.9 Å². The van der Waals surface area contributed by atoms with E-state index in [1.165, 1.54) is 51.4 Å². The highest BCUT2D eigenvalue weighted by atomic mass is 16.6. The Kier molecular flexibility index (Phi) is 30.8. The number of amides is 2. The summed E-state index contributed by atoms with van der Waals surface area (Å²) in [4.78, 5) is 56.5. The first-order valence-corrected chi connectivity index (χ1v) is 21.5. The van der Waals surface area contributed by atoms with Crippen LogP contribution in [0.25, 0.3) is 0 Å². The number of esters is 2. The molecule has 316 valence electrons. The van der Waals surface area contributed by atoms with E-state index in [-0.39, 0.29) is 63.3 Å². The third-order valence-corrected chi connectivity index (χ3v) is 10.1. The summed E-state index contributed by atoms with van der Waals surface area (Å²) in [5, 5.41) is 5.38. The number of likely N-dealkylation sites (N-methyl/N-ethyl adjacent to an activating group) is 1. The number of hydrogen-bond donors (Lipinski definition) is 2. The Bertz CT molecular complexity index is 904. The molecule has 0 aromatic rings. The summed E-state index contributed by atoms with van der Waals surface area (Å²) in [6.45, 7) is 15.4. The monoisotopic (exact) mass is 770 g/mol. The van der Waals surface area contributed by atoms with Crippen molar-refractivity contribution in [1.29, 1.82) is 0 Å². The minimum atomic E-state index is -0.481. The number of nitrogens with zero attached hydrogens (tertiary/aromatic N) is 3. The molecule has 0 spiro atoms. The maximum Gasteiger partial charge on any atom is 0.407 e. The molecule has 2 unspecified atom stereocenters. The standard InChI is InChI=1S/C41H79N5O8/c1-6-10-12-14-16-18-20-36(8-3)53-40(49)42-24-34-51-38(47)22-26-45(32-33-46-30-28-44(5)29-31-46)27-23-39(48)52-35-25-43-41(50)54-37(9-4)21-19-17-15-13-11-7-2/h36-37H,6-35H2,1-5H3,(H,42,49)(H,43,50). The van der Waals surface area contributed by atoms with E-state index in [0.29, 0.717) is 19.6 Å². The molecule has 13 heteroatoms. The van der Waals surface area contributed by atoms with Gasteiger partial charge >= 0.3 is 24.1 Å². The zero-order chi connectivity index (χ0) is 39.7. The molecule has 1 saturated heterocycles. The lowest BCUT2D eigenvalue weighted by molar-refractivity contribution is -0.144. The Balaban J connectivity index is 2.36. The van der Waals surface area contributed by atoms with Gasteiger partial charge in [0.15, 0.2) is 0 Å². The first-order chi connectivity index (χ1) is 26.2. The lowest BCUT2D eigenvalue weighted by Gasteiger charge is -2.34. The van der Waals surface area contributed by atoms with Crippen LogP contribution in [0.3, 0.4) is 0 Å². The molecule has 0 saturated carbocycles. The van der Waals surface area contributed by atoms with Gasteiger partial charge in [-0.15, -0.1) is 0 Å². The fourth-order valence-corrected chi connectivity index (χ4v) is 6.35. The van der Waals surface area contributed by atoms with E-state index >= 15 is 0 Å². The number of carbonyl (C=O) groups excluding carboxylic acids is 4. The van der Waals surface area contributed by atoms with Gasteiger partial charge in [-0.3, -0.25) is 14.5 Å². The topological polar surface area (TPSA) is 139 Å². The van der Waals surface area contributed by atoms with E-state index in [4.69, 9.17) is 18.9 Å². The fraction of sp³-hybridized carbons (Fsp3) is 0.902. The molecule has 1 fully saturated rings. The van der Waals surface area contributed by atoms with Crippen LogP contribution in [0.5, 0.6) is 0 Å². The summed E-state index contributed by atoms with van der Waals surface area (Å²) in [5.74, 6) is -0.718. The molecule has 2 N–H and O–H groups in total. The van der Waals surface area contributed by atoms with Crippen LogP contribution in [-0.4, -0.2) is 137 Å². The normalized spacial score (nSPS) is 14.7. The van der Waals surface area contributed by atoms with Crippen LogP contribution < -0.4 is 10.6 Å². The molecule has 1 aliphatic rings. The van der Waals surface area contributed by atoms with Crippen molar-refractivity contribution in [3.63, 3.8) is 0 Å². The third-order valence-electron chi connectivity index (χ3n) is 10.1. The van der Waals surface area contributed by atoms with Crippen LogP contribution in [0.1, 0.15) is 143 Å². The lowest BCUT2D eigenvalue weighted by atomic mass is 10.1. The summed E-state index contributed by atoms with van der Waals surface area (Å²) in [6.07, 6.45) is 16.8. The third kappa shape index (κ3) is 27.9. The highest BCUT2D eigenvalue weighted by molar-refractivity contribution is 5.71. The number of ether oxygens (including phenoxy) is 4. The Labute approximate surface area is 328 Å². The van der Waals surface area contributed by atoms with E-state index in [9.17, 15) is 19.2 Å². The van der Waals surface area contributed by atoms with Crippen LogP contribution in [0, 0.1) is 0 Å². The van der Waals surface area contributed by atoms with Crippen molar-refractivity contribution in [1.82, 2.24) is 25.3 Å². The molecule has 1 heterocycles. The number of piperazine rings is 1. The minimum Gasteiger partial charge on any atom is -0.464 e. The van der Waals surface area contributed by atoms with E-state index in [2.05, 4.69) is 46.2 Å². The summed E-state index contributed by atoms with van der Waals surface area (Å²) in [7, 11) is 2.12. The Morgan fingerprint density at radius 1 is 0.593 bits per heavy atom. The highest BCUT2D eigenvalue weighted by Crippen LogP contribution is 2.14. The van der Waals surface area contributed by atoms with Gasteiger partial charge in [0.1, 0.15) is 25.4 Å². The molecule has 0 bridgehead atoms. The number of unbranched alkanes of at least 4 members (excludes halogenated alkanes) is 10. The van der Waals surface area contributed by atoms with Crippen LogP contribution in [-0.2, 0) is 28.5 Å². The van der Waals surface area contributed by atoms with Crippen molar-refractivity contribution in [3.05, 3.63) is 0 Å². The SMILES string of the molecule is CCCCCCCCC(CC)OC(=O)NCCOC(=O)CCN(CCC(=O)OCCNC(=O)OC(CC)CCCCCCCC)CCN1CCN(C)CC1. The van der Waals surface area contributed by atoms with Gasteiger partial charge in [-0.1, -0.05) is 91.9 Å². The van der Waals surface area contributed by atoms with Crippen molar-refractivity contribution in [2.24, 2.45) is 0 Å². The van der Waals surface area contributed by atoms with E-state index in [1.807, 2.05) is 13.8 Å². The number of nitrogens with one attached hydrogen (secondary N) is 2. The quantitative estimate of drug-likeness (QED) is 0.0409. The fourth-order valence-electron chi connectivity index (χ4n) is 6.35. The second kappa shape index (κ2) is 33.7. The van der Waals surface area contributed by atoms with Crippen LogP contribution in [0.2, 0.25) is 0 Å². The molecule has 2 atom stereocenters. The average molecular weight is 770 g/mol. The molecule has 0 aromatic heterocycles. The van der Waals surface area contributed by atoms with Gasteiger partial charge in [0.2, 0.25) is 0 Å². The molecule has 54 heavy (non-hydrogen) atoms. The van der Waals surface area contributed by atoms with Gasteiger partial charge in [-0.25, -0.2) is 9.59 Å². The first kappa shape index (κ1) is 49.4. The minimum absolute atomic E-state index is 0.0651. The smallest absolute Gasteiger partial charge is 0.407 e. The molecular formula is C41H79N5O8. The van der Waals surface area contributed by atoms with Crippen molar-refractivity contribution in [2.45, 2.75) is 155 Å². The Morgan fingerprint density at radius 3 is 1.44 bits per heavy atom. The van der Waals surface area contributed by atoms with Crippen molar-refractivity contribution in [2.75, 3.05) is 85.7 Å². The van der Waals surface area contributed by atoms with Gasteiger partial charge in [0.25, 0.3) is 0 Å². The predicted molar refractivity (Wildman–Crippen MR) is 215 cm³/mol. The lowest BCUT2D eigenvalue weighted by Crippen LogP contribution is -2.47. The van der Waals surface area contributed by atoms with Crippen LogP contribution in [0.4, 0.5) is 9.59 Å². The first-order valence-electron chi connectivity index (χ1n) is 21.5. The highest BCUT2D eigenvalue weighted by Gasteiger charge is 2.18. The number of rotatable bonds is 33. The molecule has 0 aliphatic carbocycles.